The van der Waals surface area contributed by atoms with Gasteiger partial charge in [0.15, 0.2) is 0 Å². The Hall–Kier alpha value is -2.04. The van der Waals surface area contributed by atoms with Crippen LogP contribution >= 0.6 is 0 Å². The molecule has 1 aromatic heterocycles. The lowest BCUT2D eigenvalue weighted by Crippen LogP contribution is -2.23. The van der Waals surface area contributed by atoms with Gasteiger partial charge in [-0.1, -0.05) is 0 Å². The monoisotopic (exact) mass is 209 g/mol. The van der Waals surface area contributed by atoms with Gasteiger partial charge in [0, 0.05) is 25.3 Å². The quantitative estimate of drug-likeness (QED) is 0.759. The lowest BCUT2D eigenvalue weighted by atomic mass is 10.4. The van der Waals surface area contributed by atoms with Crippen LogP contribution in [0.5, 0.6) is 0 Å². The highest BCUT2D eigenvalue weighted by Crippen LogP contribution is 2.16. The Morgan fingerprint density at radius 3 is 2.53 bits per heavy atom. The van der Waals surface area contributed by atoms with E-state index in [0.717, 1.165) is 12.2 Å². The third-order valence-corrected chi connectivity index (χ3v) is 1.76. The fourth-order valence-corrected chi connectivity index (χ4v) is 0.965. The maximum atomic E-state index is 11.4. The minimum atomic E-state index is -1.16. The highest BCUT2D eigenvalue weighted by atomic mass is 16.4. The average Bonchev–Trinajstić information content (AvgIpc) is 2.60. The molecule has 1 rings (SSSR count). The minimum Gasteiger partial charge on any atom is -0.478 e. The Morgan fingerprint density at radius 1 is 1.40 bits per heavy atom. The third-order valence-electron chi connectivity index (χ3n) is 1.76. The maximum absolute atomic E-state index is 11.4. The molecule has 0 saturated carbocycles. The number of likely N-dealkylation sites (N-methyl/N-ethyl adjacent to an activating group) is 1. The maximum Gasteiger partial charge on any atom is 0.328 e. The zero-order chi connectivity index (χ0) is 11.4. The van der Waals surface area contributed by atoms with Crippen molar-refractivity contribution in [3.8, 4) is 0 Å². The molecule has 1 aromatic rings. The summed E-state index contributed by atoms with van der Waals surface area (Å²) >= 11 is 0. The molecule has 1 heterocycles. The van der Waals surface area contributed by atoms with E-state index in [9.17, 15) is 9.59 Å². The smallest absolute Gasteiger partial charge is 0.328 e. The van der Waals surface area contributed by atoms with Crippen molar-refractivity contribution in [1.82, 2.24) is 0 Å². The van der Waals surface area contributed by atoms with Gasteiger partial charge in [0.1, 0.15) is 5.76 Å². The molecule has 0 bridgehead atoms. The van der Waals surface area contributed by atoms with Gasteiger partial charge in [-0.2, -0.15) is 0 Å². The van der Waals surface area contributed by atoms with Gasteiger partial charge in [-0.15, -0.1) is 0 Å². The summed E-state index contributed by atoms with van der Waals surface area (Å²) in [7, 11) is 1.51. The number of carboxylic acids is 1. The number of carbonyl (C=O) groups excluding carboxylic acids is 1. The Balaban J connectivity index is 2.73. The van der Waals surface area contributed by atoms with Crippen LogP contribution in [0.15, 0.2) is 28.7 Å². The summed E-state index contributed by atoms with van der Waals surface area (Å²) < 4.78 is 5.20. The normalized spacial score (nSPS) is 10.5. The van der Waals surface area contributed by atoms with Gasteiger partial charge in [-0.05, 0) is 13.0 Å². The number of furan rings is 1. The van der Waals surface area contributed by atoms with Crippen LogP contribution in [0, 0.1) is 6.92 Å². The molecule has 0 atom stereocenters. The molecule has 0 fully saturated rings. The number of amides is 1. The van der Waals surface area contributed by atoms with Crippen molar-refractivity contribution < 1.29 is 19.1 Å². The summed E-state index contributed by atoms with van der Waals surface area (Å²) in [5, 5.41) is 8.34. The molecule has 15 heavy (non-hydrogen) atoms. The molecule has 0 radical (unpaired) electrons. The summed E-state index contributed by atoms with van der Waals surface area (Å²) in [6.07, 6.45) is 1.76. The van der Waals surface area contributed by atoms with Crippen molar-refractivity contribution in [1.29, 1.82) is 0 Å². The first-order valence-corrected chi connectivity index (χ1v) is 4.26. The molecule has 0 aliphatic rings. The number of hydrogen-bond acceptors (Lipinski definition) is 3. The van der Waals surface area contributed by atoms with Crippen molar-refractivity contribution in [3.05, 3.63) is 30.0 Å². The first kappa shape index (κ1) is 11.0. The number of anilines is 1. The van der Waals surface area contributed by atoms with Crippen LogP contribution in [0.2, 0.25) is 0 Å². The molecule has 0 aliphatic heterocycles. The average molecular weight is 209 g/mol. The van der Waals surface area contributed by atoms with Crippen LogP contribution in [-0.2, 0) is 9.59 Å². The van der Waals surface area contributed by atoms with E-state index in [1.165, 1.54) is 11.9 Å². The summed E-state index contributed by atoms with van der Waals surface area (Å²) in [5.41, 5.74) is 0. The van der Waals surface area contributed by atoms with E-state index in [1.807, 2.05) is 0 Å². The number of carboxylic acid groups (broad SMARTS) is 1. The highest BCUT2D eigenvalue weighted by molar-refractivity contribution is 6.02. The molecular formula is C10H11NO4. The summed E-state index contributed by atoms with van der Waals surface area (Å²) in [4.78, 5) is 22.8. The molecular weight excluding hydrogens is 198 g/mol. The van der Waals surface area contributed by atoms with E-state index in [-0.39, 0.29) is 0 Å². The summed E-state index contributed by atoms with van der Waals surface area (Å²) in [5.74, 6) is -0.543. The second kappa shape index (κ2) is 4.45. The van der Waals surface area contributed by atoms with Crippen molar-refractivity contribution in [2.75, 3.05) is 11.9 Å². The molecule has 1 amide bonds. The zero-order valence-electron chi connectivity index (χ0n) is 8.43. The van der Waals surface area contributed by atoms with Gasteiger partial charge in [0.25, 0.3) is 5.91 Å². The van der Waals surface area contributed by atoms with Crippen molar-refractivity contribution >= 4 is 17.8 Å². The number of hydrogen-bond donors (Lipinski definition) is 1. The number of rotatable bonds is 3. The van der Waals surface area contributed by atoms with Crippen LogP contribution in [0.4, 0.5) is 5.88 Å². The van der Waals surface area contributed by atoms with Crippen molar-refractivity contribution in [3.63, 3.8) is 0 Å². The zero-order valence-corrected chi connectivity index (χ0v) is 8.43. The summed E-state index contributed by atoms with van der Waals surface area (Å²) in [6, 6.07) is 3.36. The Bertz CT molecular complexity index is 405. The lowest BCUT2D eigenvalue weighted by Gasteiger charge is -2.10. The molecule has 0 aromatic carbocycles. The standard InChI is InChI=1S/C10H11NO4/c1-7-3-5-9(15-7)11(2)8(12)4-6-10(13)14/h3-6H,1-2H3,(H,13,14)/b6-4+. The van der Waals surface area contributed by atoms with E-state index in [1.54, 1.807) is 19.1 Å². The van der Waals surface area contributed by atoms with Gasteiger partial charge < -0.3 is 9.52 Å². The fourth-order valence-electron chi connectivity index (χ4n) is 0.965. The number of nitrogens with zero attached hydrogens (tertiary/aromatic N) is 1. The molecule has 80 valence electrons. The molecule has 0 aliphatic carbocycles. The number of carbonyl (C=O) groups is 2. The second-order valence-corrected chi connectivity index (χ2v) is 2.95. The van der Waals surface area contributed by atoms with Gasteiger partial charge in [-0.3, -0.25) is 9.69 Å². The van der Waals surface area contributed by atoms with E-state index in [0.29, 0.717) is 11.6 Å². The third kappa shape index (κ3) is 2.98. The predicted octanol–water partition coefficient (Wildman–Crippen LogP) is 1.19. The SMILES string of the molecule is Cc1ccc(N(C)C(=O)/C=C/C(=O)O)o1. The van der Waals surface area contributed by atoms with E-state index < -0.39 is 11.9 Å². The number of aryl methyl sites for hydroxylation is 1. The summed E-state index contributed by atoms with van der Waals surface area (Å²) in [6.45, 7) is 1.76. The van der Waals surface area contributed by atoms with Gasteiger partial charge in [0.05, 0.1) is 0 Å². The molecule has 5 heteroatoms. The fraction of sp³-hybridized carbons (Fsp3) is 0.200. The van der Waals surface area contributed by atoms with Crippen molar-refractivity contribution in [2.24, 2.45) is 0 Å². The van der Waals surface area contributed by atoms with Crippen LogP contribution in [0.3, 0.4) is 0 Å². The largest absolute Gasteiger partial charge is 0.478 e. The molecule has 0 saturated heterocycles. The molecule has 5 nitrogen and oxygen atoms in total. The molecule has 0 spiro atoms. The van der Waals surface area contributed by atoms with Gasteiger partial charge >= 0.3 is 5.97 Å². The van der Waals surface area contributed by atoms with Gasteiger partial charge in [0.2, 0.25) is 5.88 Å². The van der Waals surface area contributed by atoms with E-state index in [4.69, 9.17) is 9.52 Å². The van der Waals surface area contributed by atoms with Crippen LogP contribution in [0.1, 0.15) is 5.76 Å². The number of aliphatic carboxylic acids is 1. The lowest BCUT2D eigenvalue weighted by molar-refractivity contribution is -0.131. The van der Waals surface area contributed by atoms with Gasteiger partial charge in [-0.25, -0.2) is 4.79 Å². The Morgan fingerprint density at radius 2 is 2.07 bits per heavy atom. The predicted molar refractivity (Wildman–Crippen MR) is 53.6 cm³/mol. The Kier molecular flexibility index (Phi) is 3.28. The Labute approximate surface area is 86.6 Å². The first-order valence-electron chi connectivity index (χ1n) is 4.26. The highest BCUT2D eigenvalue weighted by Gasteiger charge is 2.10. The molecule has 1 N–H and O–H groups in total. The van der Waals surface area contributed by atoms with Crippen LogP contribution in [-0.4, -0.2) is 24.0 Å². The topological polar surface area (TPSA) is 70.8 Å². The molecule has 0 unspecified atom stereocenters. The van der Waals surface area contributed by atoms with Crippen molar-refractivity contribution in [2.45, 2.75) is 6.92 Å². The second-order valence-electron chi connectivity index (χ2n) is 2.95. The minimum absolute atomic E-state index is 0.382. The van der Waals surface area contributed by atoms with Crippen LogP contribution < -0.4 is 4.90 Å². The first-order chi connectivity index (χ1) is 7.00. The van der Waals surface area contributed by atoms with E-state index in [2.05, 4.69) is 0 Å². The van der Waals surface area contributed by atoms with Crippen LogP contribution in [0.25, 0.3) is 0 Å². The van der Waals surface area contributed by atoms with E-state index >= 15 is 0 Å².